The monoisotopic (exact) mass is 364 g/mol. The molecule has 0 radical (unpaired) electrons. The van der Waals surface area contributed by atoms with Gasteiger partial charge in [0.2, 0.25) is 0 Å². The zero-order chi connectivity index (χ0) is 18.9. The zero-order valence-electron chi connectivity index (χ0n) is 16.6. The van der Waals surface area contributed by atoms with Crippen LogP contribution in [-0.4, -0.2) is 41.7 Å². The van der Waals surface area contributed by atoms with Crippen molar-refractivity contribution in [3.63, 3.8) is 0 Å². The molecule has 4 unspecified atom stereocenters. The van der Waals surface area contributed by atoms with Crippen LogP contribution in [0.15, 0.2) is 54.6 Å². The Bertz CT molecular complexity index is 762. The van der Waals surface area contributed by atoms with Gasteiger partial charge in [-0.3, -0.25) is 4.90 Å². The van der Waals surface area contributed by atoms with Crippen LogP contribution in [0.5, 0.6) is 5.75 Å². The fourth-order valence-corrected chi connectivity index (χ4v) is 5.16. The average molecular weight is 365 g/mol. The van der Waals surface area contributed by atoms with Gasteiger partial charge >= 0.3 is 0 Å². The van der Waals surface area contributed by atoms with Gasteiger partial charge in [-0.25, -0.2) is 0 Å². The largest absolute Gasteiger partial charge is 0.508 e. The van der Waals surface area contributed by atoms with E-state index in [0.29, 0.717) is 23.8 Å². The van der Waals surface area contributed by atoms with Gasteiger partial charge in [-0.05, 0) is 53.9 Å². The van der Waals surface area contributed by atoms with Crippen molar-refractivity contribution < 1.29 is 5.11 Å². The van der Waals surface area contributed by atoms with Gasteiger partial charge < -0.3 is 10.4 Å². The minimum absolute atomic E-state index is 0.101. The van der Waals surface area contributed by atoms with Gasteiger partial charge in [-0.2, -0.15) is 0 Å². The number of hydrogen-bond donors (Lipinski definition) is 2. The molecule has 3 heteroatoms. The zero-order valence-corrected chi connectivity index (χ0v) is 16.6. The highest BCUT2D eigenvalue weighted by Crippen LogP contribution is 2.44. The summed E-state index contributed by atoms with van der Waals surface area (Å²) in [4.78, 5) is 2.71. The highest BCUT2D eigenvalue weighted by Gasteiger charge is 2.46. The fraction of sp³-hybridized carbons (Fsp3) is 0.500. The number of piperidine rings is 1. The summed E-state index contributed by atoms with van der Waals surface area (Å²) < 4.78 is 0. The number of hydrogen-bond acceptors (Lipinski definition) is 3. The Morgan fingerprint density at radius 1 is 1.15 bits per heavy atom. The lowest BCUT2D eigenvalue weighted by molar-refractivity contribution is 0.0128. The summed E-state index contributed by atoms with van der Waals surface area (Å²) in [5.74, 6) is 0.953. The molecule has 27 heavy (non-hydrogen) atoms. The molecule has 2 fully saturated rings. The molecule has 0 spiro atoms. The van der Waals surface area contributed by atoms with E-state index in [1.807, 2.05) is 12.1 Å². The number of benzene rings is 2. The summed E-state index contributed by atoms with van der Waals surface area (Å²) in [5, 5.41) is 13.8. The fourth-order valence-electron chi connectivity index (χ4n) is 5.16. The van der Waals surface area contributed by atoms with Gasteiger partial charge in [0.05, 0.1) is 0 Å². The van der Waals surface area contributed by atoms with Gasteiger partial charge in [0.15, 0.2) is 0 Å². The van der Waals surface area contributed by atoms with Crippen LogP contribution in [-0.2, 0) is 11.8 Å². The number of phenols is 1. The summed E-state index contributed by atoms with van der Waals surface area (Å²) in [6, 6.07) is 19.9. The number of aryl methyl sites for hydroxylation is 1. The SMILES string of the molecule is CC1CN2CCNC(CCc3ccccc3)C2CC1(C)c1cccc(O)c1. The van der Waals surface area contributed by atoms with E-state index in [1.165, 1.54) is 17.5 Å². The van der Waals surface area contributed by atoms with Gasteiger partial charge in [0, 0.05) is 31.7 Å². The van der Waals surface area contributed by atoms with E-state index in [0.717, 1.165) is 32.5 Å². The summed E-state index contributed by atoms with van der Waals surface area (Å²) in [7, 11) is 0. The summed E-state index contributed by atoms with van der Waals surface area (Å²) in [6.45, 7) is 8.15. The number of nitrogens with one attached hydrogen (secondary N) is 1. The van der Waals surface area contributed by atoms with Crippen LogP contribution in [0.4, 0.5) is 0 Å². The minimum atomic E-state index is 0.101. The first-order valence-electron chi connectivity index (χ1n) is 10.4. The Kier molecular flexibility index (Phi) is 5.25. The lowest BCUT2D eigenvalue weighted by Gasteiger charge is -2.54. The Morgan fingerprint density at radius 2 is 1.96 bits per heavy atom. The number of fused-ring (bicyclic) bond motifs is 1. The van der Waals surface area contributed by atoms with Crippen molar-refractivity contribution >= 4 is 0 Å². The third kappa shape index (κ3) is 3.76. The van der Waals surface area contributed by atoms with E-state index in [2.05, 4.69) is 60.5 Å². The van der Waals surface area contributed by atoms with Crippen LogP contribution in [0, 0.1) is 5.92 Å². The Labute approximate surface area is 163 Å². The van der Waals surface area contributed by atoms with E-state index in [-0.39, 0.29) is 5.41 Å². The maximum Gasteiger partial charge on any atom is 0.115 e. The standard InChI is InChI=1S/C24H32N2O/c1-18-17-26-14-13-25-22(12-11-19-7-4-3-5-8-19)23(26)16-24(18,2)20-9-6-10-21(27)15-20/h3-10,15,18,22-23,25,27H,11-14,16-17H2,1-2H3. The smallest absolute Gasteiger partial charge is 0.115 e. The predicted octanol–water partition coefficient (Wildman–Crippen LogP) is 3.96. The molecule has 2 heterocycles. The highest BCUT2D eigenvalue weighted by atomic mass is 16.3. The molecular formula is C24H32N2O. The maximum atomic E-state index is 10.0. The first kappa shape index (κ1) is 18.5. The third-order valence-electron chi connectivity index (χ3n) is 7.06. The molecule has 2 aromatic carbocycles. The lowest BCUT2D eigenvalue weighted by atomic mass is 9.64. The third-order valence-corrected chi connectivity index (χ3v) is 7.06. The first-order valence-corrected chi connectivity index (χ1v) is 10.4. The average Bonchev–Trinajstić information content (AvgIpc) is 2.68. The second-order valence-electron chi connectivity index (χ2n) is 8.72. The van der Waals surface area contributed by atoms with Crippen molar-refractivity contribution in [2.24, 2.45) is 5.92 Å². The molecule has 3 nitrogen and oxygen atoms in total. The molecule has 2 aromatic rings. The van der Waals surface area contributed by atoms with Gasteiger partial charge in [0.1, 0.15) is 5.75 Å². The summed E-state index contributed by atoms with van der Waals surface area (Å²) >= 11 is 0. The Morgan fingerprint density at radius 3 is 2.74 bits per heavy atom. The van der Waals surface area contributed by atoms with Crippen molar-refractivity contribution in [1.29, 1.82) is 0 Å². The molecule has 2 aliphatic heterocycles. The molecule has 4 atom stereocenters. The van der Waals surface area contributed by atoms with Crippen LogP contribution < -0.4 is 5.32 Å². The van der Waals surface area contributed by atoms with E-state index in [1.54, 1.807) is 6.07 Å². The first-order chi connectivity index (χ1) is 13.1. The second kappa shape index (κ2) is 7.65. The summed E-state index contributed by atoms with van der Waals surface area (Å²) in [6.07, 6.45) is 3.45. The van der Waals surface area contributed by atoms with Crippen molar-refractivity contribution in [2.45, 2.75) is 50.6 Å². The number of phenolic OH excluding ortho intramolecular Hbond substituents is 1. The topological polar surface area (TPSA) is 35.5 Å². The van der Waals surface area contributed by atoms with Crippen LogP contribution >= 0.6 is 0 Å². The Hall–Kier alpha value is -1.84. The van der Waals surface area contributed by atoms with Crippen molar-refractivity contribution in [3.8, 4) is 5.75 Å². The molecule has 4 rings (SSSR count). The Balaban J connectivity index is 1.53. The molecule has 0 amide bonds. The van der Waals surface area contributed by atoms with Gasteiger partial charge in [-0.15, -0.1) is 0 Å². The molecule has 0 bridgehead atoms. The van der Waals surface area contributed by atoms with Crippen LogP contribution in [0.25, 0.3) is 0 Å². The van der Waals surface area contributed by atoms with Crippen molar-refractivity contribution in [3.05, 3.63) is 65.7 Å². The summed E-state index contributed by atoms with van der Waals surface area (Å²) in [5.41, 5.74) is 2.81. The van der Waals surface area contributed by atoms with Crippen molar-refractivity contribution in [2.75, 3.05) is 19.6 Å². The van der Waals surface area contributed by atoms with E-state index < -0.39 is 0 Å². The molecular weight excluding hydrogens is 332 g/mol. The van der Waals surface area contributed by atoms with E-state index >= 15 is 0 Å². The maximum absolute atomic E-state index is 10.0. The van der Waals surface area contributed by atoms with Crippen molar-refractivity contribution in [1.82, 2.24) is 10.2 Å². The number of rotatable bonds is 4. The van der Waals surface area contributed by atoms with E-state index in [9.17, 15) is 5.11 Å². The van der Waals surface area contributed by atoms with Crippen LogP contribution in [0.2, 0.25) is 0 Å². The quantitative estimate of drug-likeness (QED) is 0.862. The number of piperazine rings is 1. The van der Waals surface area contributed by atoms with Crippen LogP contribution in [0.3, 0.4) is 0 Å². The second-order valence-corrected chi connectivity index (χ2v) is 8.72. The van der Waals surface area contributed by atoms with Gasteiger partial charge in [0.25, 0.3) is 0 Å². The molecule has 2 N–H and O–H groups in total. The minimum Gasteiger partial charge on any atom is -0.508 e. The van der Waals surface area contributed by atoms with E-state index in [4.69, 9.17) is 0 Å². The molecule has 2 aliphatic rings. The lowest BCUT2D eigenvalue weighted by Crippen LogP contribution is -2.64. The van der Waals surface area contributed by atoms with Crippen LogP contribution in [0.1, 0.15) is 37.8 Å². The molecule has 0 aliphatic carbocycles. The molecule has 0 saturated carbocycles. The predicted molar refractivity (Wildman–Crippen MR) is 111 cm³/mol. The normalized spacial score (nSPS) is 31.4. The van der Waals surface area contributed by atoms with Gasteiger partial charge in [-0.1, -0.05) is 56.3 Å². The molecule has 0 aromatic heterocycles. The number of aromatic hydroxyl groups is 1. The number of nitrogens with zero attached hydrogens (tertiary/aromatic N) is 1. The molecule has 144 valence electrons. The molecule has 2 saturated heterocycles. The highest BCUT2D eigenvalue weighted by molar-refractivity contribution is 5.34.